The minimum Gasteiger partial charge on any atom is -0.280 e. The zero-order valence-corrected chi connectivity index (χ0v) is 9.56. The standard InChI is InChI=1S/C13H17NO2/c1-8-2-5-12(15)14(8)13(16)11-7-9-3-4-10(11)6-9/h3-4,8-11H,2,5-7H2,1H3. The second kappa shape index (κ2) is 3.44. The van der Waals surface area contributed by atoms with Crippen molar-refractivity contribution in [1.82, 2.24) is 4.90 Å². The molecule has 3 nitrogen and oxygen atoms in total. The van der Waals surface area contributed by atoms with Crippen molar-refractivity contribution in [2.24, 2.45) is 17.8 Å². The highest BCUT2D eigenvalue weighted by molar-refractivity contribution is 5.98. The van der Waals surface area contributed by atoms with Gasteiger partial charge < -0.3 is 0 Å². The summed E-state index contributed by atoms with van der Waals surface area (Å²) < 4.78 is 0. The van der Waals surface area contributed by atoms with Crippen LogP contribution in [0.15, 0.2) is 12.2 Å². The maximum absolute atomic E-state index is 12.3. The molecule has 16 heavy (non-hydrogen) atoms. The smallest absolute Gasteiger partial charge is 0.233 e. The van der Waals surface area contributed by atoms with E-state index in [2.05, 4.69) is 12.2 Å². The molecule has 4 unspecified atom stereocenters. The molecule has 0 aromatic heterocycles. The van der Waals surface area contributed by atoms with Crippen molar-refractivity contribution in [2.45, 2.75) is 38.6 Å². The number of carbonyl (C=O) groups is 2. The van der Waals surface area contributed by atoms with Gasteiger partial charge in [0, 0.05) is 18.4 Å². The van der Waals surface area contributed by atoms with Crippen molar-refractivity contribution in [3.63, 3.8) is 0 Å². The normalized spacial score (nSPS) is 41.1. The highest BCUT2D eigenvalue weighted by atomic mass is 16.2. The van der Waals surface area contributed by atoms with Crippen LogP contribution in [0.3, 0.4) is 0 Å². The summed E-state index contributed by atoms with van der Waals surface area (Å²) in [5, 5.41) is 0. The van der Waals surface area contributed by atoms with Crippen LogP contribution in [0.4, 0.5) is 0 Å². The van der Waals surface area contributed by atoms with Crippen molar-refractivity contribution in [2.75, 3.05) is 0 Å². The van der Waals surface area contributed by atoms with Gasteiger partial charge >= 0.3 is 0 Å². The molecule has 4 atom stereocenters. The van der Waals surface area contributed by atoms with Gasteiger partial charge in [0.05, 0.1) is 0 Å². The second-order valence-electron chi connectivity index (χ2n) is 5.38. The third kappa shape index (κ3) is 1.34. The van der Waals surface area contributed by atoms with E-state index in [-0.39, 0.29) is 23.8 Å². The minimum atomic E-state index is 0.0317. The third-order valence-electron chi connectivity index (χ3n) is 4.32. The van der Waals surface area contributed by atoms with Gasteiger partial charge in [-0.2, -0.15) is 0 Å². The number of hydrogen-bond acceptors (Lipinski definition) is 2. The number of fused-ring (bicyclic) bond motifs is 2. The SMILES string of the molecule is CC1CCC(=O)N1C(=O)C1CC2C=CC1C2. The average molecular weight is 219 g/mol. The lowest BCUT2D eigenvalue weighted by Crippen LogP contribution is -2.42. The minimum absolute atomic E-state index is 0.0317. The molecule has 2 fully saturated rings. The molecule has 1 saturated heterocycles. The van der Waals surface area contributed by atoms with Crippen LogP contribution >= 0.6 is 0 Å². The lowest BCUT2D eigenvalue weighted by molar-refractivity contribution is -0.146. The van der Waals surface area contributed by atoms with Crippen molar-refractivity contribution < 1.29 is 9.59 Å². The summed E-state index contributed by atoms with van der Waals surface area (Å²) in [4.78, 5) is 25.5. The number of amides is 2. The van der Waals surface area contributed by atoms with Gasteiger partial charge in [-0.3, -0.25) is 14.5 Å². The van der Waals surface area contributed by atoms with E-state index in [0.717, 1.165) is 19.3 Å². The molecule has 1 heterocycles. The Labute approximate surface area is 95.5 Å². The third-order valence-corrected chi connectivity index (χ3v) is 4.32. The molecule has 3 heteroatoms. The molecule has 86 valence electrons. The van der Waals surface area contributed by atoms with E-state index in [0.29, 0.717) is 18.3 Å². The molecule has 0 N–H and O–H groups in total. The maximum atomic E-state index is 12.3. The van der Waals surface area contributed by atoms with E-state index in [1.807, 2.05) is 6.92 Å². The number of nitrogens with zero attached hydrogens (tertiary/aromatic N) is 1. The van der Waals surface area contributed by atoms with Crippen molar-refractivity contribution in [1.29, 1.82) is 0 Å². The summed E-state index contributed by atoms with van der Waals surface area (Å²) in [7, 11) is 0. The first-order valence-corrected chi connectivity index (χ1v) is 6.21. The first kappa shape index (κ1) is 10.1. The van der Waals surface area contributed by atoms with Crippen LogP contribution in [0.5, 0.6) is 0 Å². The number of carbonyl (C=O) groups excluding carboxylic acids is 2. The summed E-state index contributed by atoms with van der Waals surface area (Å²) in [5.74, 6) is 1.20. The quantitative estimate of drug-likeness (QED) is 0.497. The zero-order chi connectivity index (χ0) is 11.3. The topological polar surface area (TPSA) is 37.4 Å². The van der Waals surface area contributed by atoms with Gasteiger partial charge in [0.25, 0.3) is 0 Å². The van der Waals surface area contributed by atoms with E-state index in [1.54, 1.807) is 0 Å². The summed E-state index contributed by atoms with van der Waals surface area (Å²) in [6, 6.07) is 0.114. The van der Waals surface area contributed by atoms with Gasteiger partial charge in [-0.25, -0.2) is 0 Å². The molecular formula is C13H17NO2. The average Bonchev–Trinajstić information content (AvgIpc) is 2.93. The molecule has 0 aromatic rings. The van der Waals surface area contributed by atoms with Gasteiger partial charge in [0.15, 0.2) is 0 Å². The Hall–Kier alpha value is -1.12. The van der Waals surface area contributed by atoms with E-state index >= 15 is 0 Å². The van der Waals surface area contributed by atoms with Crippen LogP contribution in [0.1, 0.15) is 32.6 Å². The molecule has 3 rings (SSSR count). The van der Waals surface area contributed by atoms with Crippen LogP contribution in [-0.2, 0) is 9.59 Å². The Morgan fingerprint density at radius 2 is 2.19 bits per heavy atom. The molecule has 2 amide bonds. The summed E-state index contributed by atoms with van der Waals surface area (Å²) >= 11 is 0. The number of rotatable bonds is 1. The van der Waals surface area contributed by atoms with Crippen molar-refractivity contribution in [3.05, 3.63) is 12.2 Å². The molecule has 1 aliphatic heterocycles. The first-order valence-electron chi connectivity index (χ1n) is 6.21. The summed E-state index contributed by atoms with van der Waals surface area (Å²) in [6.07, 6.45) is 7.85. The maximum Gasteiger partial charge on any atom is 0.233 e. The molecular weight excluding hydrogens is 202 g/mol. The fourth-order valence-electron chi connectivity index (χ4n) is 3.41. The van der Waals surface area contributed by atoms with Crippen LogP contribution in [0, 0.1) is 17.8 Å². The Balaban J connectivity index is 1.78. The second-order valence-corrected chi connectivity index (χ2v) is 5.38. The molecule has 1 saturated carbocycles. The Morgan fingerprint density at radius 1 is 1.38 bits per heavy atom. The zero-order valence-electron chi connectivity index (χ0n) is 9.56. The van der Waals surface area contributed by atoms with Crippen molar-refractivity contribution >= 4 is 11.8 Å². The molecule has 0 radical (unpaired) electrons. The Kier molecular flexibility index (Phi) is 2.16. The lowest BCUT2D eigenvalue weighted by Gasteiger charge is -2.26. The Morgan fingerprint density at radius 3 is 2.69 bits per heavy atom. The first-order chi connectivity index (χ1) is 7.66. The van der Waals surface area contributed by atoms with Gasteiger partial charge in [-0.05, 0) is 38.0 Å². The molecule has 2 bridgehead atoms. The van der Waals surface area contributed by atoms with E-state index in [1.165, 1.54) is 4.90 Å². The van der Waals surface area contributed by atoms with Gasteiger partial charge in [-0.1, -0.05) is 12.2 Å². The van der Waals surface area contributed by atoms with Crippen LogP contribution in [-0.4, -0.2) is 22.8 Å². The predicted octanol–water partition coefficient (Wildman–Crippen LogP) is 1.74. The monoisotopic (exact) mass is 219 g/mol. The predicted molar refractivity (Wildman–Crippen MR) is 59.4 cm³/mol. The van der Waals surface area contributed by atoms with E-state index in [9.17, 15) is 9.59 Å². The largest absolute Gasteiger partial charge is 0.280 e. The van der Waals surface area contributed by atoms with E-state index < -0.39 is 0 Å². The fourth-order valence-corrected chi connectivity index (χ4v) is 3.41. The number of imide groups is 1. The molecule has 3 aliphatic rings. The lowest BCUT2D eigenvalue weighted by atomic mass is 9.92. The molecule has 0 spiro atoms. The number of likely N-dealkylation sites (tertiary alicyclic amines) is 1. The van der Waals surface area contributed by atoms with Crippen LogP contribution in [0.2, 0.25) is 0 Å². The highest BCUT2D eigenvalue weighted by Gasteiger charge is 2.44. The number of allylic oxidation sites excluding steroid dienone is 2. The Bertz CT molecular complexity index is 374. The summed E-state index contributed by atoms with van der Waals surface area (Å²) in [5.41, 5.74) is 0. The van der Waals surface area contributed by atoms with Gasteiger partial charge in [0.1, 0.15) is 0 Å². The van der Waals surface area contributed by atoms with E-state index in [4.69, 9.17) is 0 Å². The highest BCUT2D eigenvalue weighted by Crippen LogP contribution is 2.44. The number of hydrogen-bond donors (Lipinski definition) is 0. The summed E-state index contributed by atoms with van der Waals surface area (Å²) in [6.45, 7) is 1.98. The van der Waals surface area contributed by atoms with Gasteiger partial charge in [0.2, 0.25) is 11.8 Å². The molecule has 0 aromatic carbocycles. The van der Waals surface area contributed by atoms with Crippen LogP contribution < -0.4 is 0 Å². The van der Waals surface area contributed by atoms with Gasteiger partial charge in [-0.15, -0.1) is 0 Å². The fraction of sp³-hybridized carbons (Fsp3) is 0.692. The van der Waals surface area contributed by atoms with Crippen LogP contribution in [0.25, 0.3) is 0 Å². The molecule has 2 aliphatic carbocycles. The van der Waals surface area contributed by atoms with Crippen molar-refractivity contribution in [3.8, 4) is 0 Å².